The molecule has 0 aliphatic heterocycles. The fourth-order valence-corrected chi connectivity index (χ4v) is 2.16. The van der Waals surface area contributed by atoms with Crippen molar-refractivity contribution in [2.45, 2.75) is 0 Å². The van der Waals surface area contributed by atoms with Gasteiger partial charge in [-0.1, -0.05) is 0 Å². The fraction of sp³-hybridized carbons (Fsp3) is 0.556. The molecule has 0 rings (SSSR count). The molecule has 0 fully saturated rings. The lowest BCUT2D eigenvalue weighted by Gasteiger charge is -2.26. The number of aliphatic carboxylic acids is 2. The van der Waals surface area contributed by atoms with Crippen LogP contribution in [0.15, 0.2) is 24.3 Å². The zero-order valence-corrected chi connectivity index (χ0v) is 16.5. The number of carboxylic acid groups (broad SMARTS) is 2. The summed E-state index contributed by atoms with van der Waals surface area (Å²) in [5.41, 5.74) is 0. The first-order valence-corrected chi connectivity index (χ1v) is 9.10. The molecule has 0 saturated carbocycles. The molecule has 0 aromatic rings. The van der Waals surface area contributed by atoms with Gasteiger partial charge in [0.05, 0.1) is 13.2 Å². The summed E-state index contributed by atoms with van der Waals surface area (Å²) in [5.74, 6) is -4.10. The quantitative estimate of drug-likeness (QED) is 0.146. The monoisotopic (exact) mass is 432 g/mol. The summed E-state index contributed by atoms with van der Waals surface area (Å²) in [6.07, 6.45) is 2.94. The number of esters is 2. The molecular formula is C18H28N2O10. The summed E-state index contributed by atoms with van der Waals surface area (Å²) in [7, 11) is 0. The van der Waals surface area contributed by atoms with Gasteiger partial charge in [-0.05, 0) is 0 Å². The standard InChI is InChI=1S/C18H28N2O10/c21-11-7-19(9-13-29-17(27)3-1-15(23)24)5-6-20(8-12-22)10-14-30-18(28)4-2-16(25)26/h1-4,21-22H,5-14H2,(H,23,24)(H,25,26)/b3-1-,4-2-. The van der Waals surface area contributed by atoms with Gasteiger partial charge < -0.3 is 29.9 Å². The van der Waals surface area contributed by atoms with Crippen molar-refractivity contribution in [2.75, 3.05) is 65.7 Å². The molecule has 0 bridgehead atoms. The van der Waals surface area contributed by atoms with E-state index < -0.39 is 23.9 Å². The van der Waals surface area contributed by atoms with Crippen molar-refractivity contribution in [3.05, 3.63) is 24.3 Å². The number of aliphatic hydroxyl groups excluding tert-OH is 2. The topological polar surface area (TPSA) is 174 Å². The van der Waals surface area contributed by atoms with E-state index in [1.54, 1.807) is 9.80 Å². The zero-order valence-electron chi connectivity index (χ0n) is 16.5. The van der Waals surface area contributed by atoms with Crippen LogP contribution in [0.25, 0.3) is 0 Å². The second-order valence-electron chi connectivity index (χ2n) is 5.81. The van der Waals surface area contributed by atoms with Gasteiger partial charge in [-0.3, -0.25) is 9.80 Å². The summed E-state index contributed by atoms with van der Waals surface area (Å²) >= 11 is 0. The Morgan fingerprint density at radius 1 is 0.600 bits per heavy atom. The Bertz CT molecular complexity index is 554. The second-order valence-corrected chi connectivity index (χ2v) is 5.81. The van der Waals surface area contributed by atoms with Crippen LogP contribution < -0.4 is 0 Å². The second kappa shape index (κ2) is 17.1. The molecule has 0 unspecified atom stereocenters. The molecule has 170 valence electrons. The lowest BCUT2D eigenvalue weighted by molar-refractivity contribution is -0.139. The van der Waals surface area contributed by atoms with Gasteiger partial charge in [-0.2, -0.15) is 0 Å². The third-order valence-corrected chi connectivity index (χ3v) is 3.59. The summed E-state index contributed by atoms with van der Waals surface area (Å²) < 4.78 is 9.77. The number of carbonyl (C=O) groups is 4. The first-order chi connectivity index (χ1) is 14.3. The van der Waals surface area contributed by atoms with Crippen molar-refractivity contribution in [3.63, 3.8) is 0 Å². The highest BCUT2D eigenvalue weighted by Gasteiger charge is 2.11. The maximum absolute atomic E-state index is 11.3. The number of aliphatic hydroxyl groups is 2. The number of rotatable bonds is 17. The smallest absolute Gasteiger partial charge is 0.331 e. The van der Waals surface area contributed by atoms with Crippen LogP contribution in [-0.4, -0.2) is 120 Å². The Kier molecular flexibility index (Phi) is 15.5. The van der Waals surface area contributed by atoms with E-state index in [2.05, 4.69) is 0 Å². The van der Waals surface area contributed by atoms with Crippen molar-refractivity contribution in [1.29, 1.82) is 0 Å². The van der Waals surface area contributed by atoms with Crippen LogP contribution in [0.3, 0.4) is 0 Å². The van der Waals surface area contributed by atoms with Gasteiger partial charge >= 0.3 is 23.9 Å². The molecule has 0 aromatic heterocycles. The van der Waals surface area contributed by atoms with Crippen LogP contribution in [0.1, 0.15) is 0 Å². The molecule has 0 saturated heterocycles. The molecule has 4 N–H and O–H groups in total. The van der Waals surface area contributed by atoms with Gasteiger partial charge in [-0.25, -0.2) is 19.2 Å². The summed E-state index contributed by atoms with van der Waals surface area (Å²) in [4.78, 5) is 47.0. The Hall–Kier alpha value is -2.80. The van der Waals surface area contributed by atoms with Gasteiger partial charge in [-0.15, -0.1) is 0 Å². The van der Waals surface area contributed by atoms with Gasteiger partial charge in [0, 0.05) is 63.6 Å². The average Bonchev–Trinajstić information content (AvgIpc) is 2.68. The first-order valence-electron chi connectivity index (χ1n) is 9.10. The zero-order chi connectivity index (χ0) is 22.8. The largest absolute Gasteiger partial charge is 0.478 e. The van der Waals surface area contributed by atoms with E-state index >= 15 is 0 Å². The Morgan fingerprint density at radius 3 is 1.27 bits per heavy atom. The van der Waals surface area contributed by atoms with Gasteiger partial charge in [0.1, 0.15) is 13.2 Å². The van der Waals surface area contributed by atoms with Crippen molar-refractivity contribution < 1.29 is 49.1 Å². The van der Waals surface area contributed by atoms with E-state index in [1.165, 1.54) is 0 Å². The molecule has 0 atom stereocenters. The van der Waals surface area contributed by atoms with Crippen molar-refractivity contribution >= 4 is 23.9 Å². The van der Waals surface area contributed by atoms with Crippen molar-refractivity contribution in [1.82, 2.24) is 9.80 Å². The van der Waals surface area contributed by atoms with Gasteiger partial charge in [0.25, 0.3) is 0 Å². The molecule has 0 amide bonds. The van der Waals surface area contributed by atoms with Crippen LogP contribution in [0.2, 0.25) is 0 Å². The third kappa shape index (κ3) is 16.2. The third-order valence-electron chi connectivity index (χ3n) is 3.59. The molecule has 0 spiro atoms. The van der Waals surface area contributed by atoms with E-state index in [9.17, 15) is 19.2 Å². The van der Waals surface area contributed by atoms with Gasteiger partial charge in [0.15, 0.2) is 0 Å². The molecule has 0 aliphatic rings. The minimum atomic E-state index is -1.26. The van der Waals surface area contributed by atoms with Crippen molar-refractivity contribution in [3.8, 4) is 0 Å². The molecule has 0 heterocycles. The number of hydrogen-bond acceptors (Lipinski definition) is 10. The average molecular weight is 432 g/mol. The van der Waals surface area contributed by atoms with E-state index in [4.69, 9.17) is 29.9 Å². The lowest BCUT2D eigenvalue weighted by Crippen LogP contribution is -2.40. The fourth-order valence-electron chi connectivity index (χ4n) is 2.16. The van der Waals surface area contributed by atoms with Crippen LogP contribution in [0.5, 0.6) is 0 Å². The van der Waals surface area contributed by atoms with Crippen molar-refractivity contribution in [2.24, 2.45) is 0 Å². The number of carbonyl (C=O) groups excluding carboxylic acids is 2. The maximum Gasteiger partial charge on any atom is 0.331 e. The number of ether oxygens (including phenoxy) is 2. The summed E-state index contributed by atoms with van der Waals surface area (Å²) in [6, 6.07) is 0. The SMILES string of the molecule is O=C(O)/C=C\C(=O)OCCN(CCO)CCN(CCO)CCOC(=O)/C=C\C(=O)O. The van der Waals surface area contributed by atoms with E-state index in [0.29, 0.717) is 51.4 Å². The maximum atomic E-state index is 11.3. The first kappa shape index (κ1) is 27.2. The Labute approximate surface area is 173 Å². The highest BCUT2D eigenvalue weighted by Crippen LogP contribution is 1.95. The van der Waals surface area contributed by atoms with Gasteiger partial charge in [0.2, 0.25) is 0 Å². The predicted molar refractivity (Wildman–Crippen MR) is 103 cm³/mol. The molecule has 12 nitrogen and oxygen atoms in total. The molecule has 12 heteroatoms. The van der Waals surface area contributed by atoms with Crippen LogP contribution >= 0.6 is 0 Å². The normalized spacial score (nSPS) is 11.5. The molecule has 0 radical (unpaired) electrons. The Morgan fingerprint density at radius 2 is 0.967 bits per heavy atom. The molecule has 0 aliphatic carbocycles. The minimum absolute atomic E-state index is 0.00365. The van der Waals surface area contributed by atoms with Crippen LogP contribution in [0, 0.1) is 0 Å². The van der Waals surface area contributed by atoms with E-state index in [-0.39, 0.29) is 26.4 Å². The van der Waals surface area contributed by atoms with E-state index in [1.807, 2.05) is 0 Å². The highest BCUT2D eigenvalue weighted by molar-refractivity contribution is 5.91. The highest BCUT2D eigenvalue weighted by atomic mass is 16.5. The number of nitrogens with zero attached hydrogens (tertiary/aromatic N) is 2. The number of hydrogen-bond donors (Lipinski definition) is 4. The molecule has 30 heavy (non-hydrogen) atoms. The van der Waals surface area contributed by atoms with E-state index in [0.717, 1.165) is 12.2 Å². The summed E-state index contributed by atoms with van der Waals surface area (Å²) in [5, 5.41) is 35.2. The molecule has 0 aromatic carbocycles. The predicted octanol–water partition coefficient (Wildman–Crippen LogP) is -2.06. The number of carboxylic acids is 2. The van der Waals surface area contributed by atoms with Crippen LogP contribution in [-0.2, 0) is 28.7 Å². The Balaban J connectivity index is 4.38. The molecular weight excluding hydrogens is 404 g/mol. The minimum Gasteiger partial charge on any atom is -0.478 e. The summed E-state index contributed by atoms with van der Waals surface area (Å²) in [6.45, 7) is 1.87. The van der Waals surface area contributed by atoms with Crippen LogP contribution in [0.4, 0.5) is 0 Å². The lowest BCUT2D eigenvalue weighted by atomic mass is 10.4.